The Balaban J connectivity index is 1.97. The van der Waals surface area contributed by atoms with Crippen molar-refractivity contribution >= 4 is 19.4 Å². The molecule has 0 spiro atoms. The van der Waals surface area contributed by atoms with E-state index in [1.54, 1.807) is 7.11 Å². The fourth-order valence-corrected chi connectivity index (χ4v) is 4.36. The van der Waals surface area contributed by atoms with E-state index in [1.807, 2.05) is 0 Å². The van der Waals surface area contributed by atoms with Crippen LogP contribution in [0.4, 0.5) is 0 Å². The topological polar surface area (TPSA) is 18.5 Å². The van der Waals surface area contributed by atoms with E-state index in [1.165, 1.54) is 17.3 Å². The van der Waals surface area contributed by atoms with Gasteiger partial charge in [-0.1, -0.05) is 0 Å². The van der Waals surface area contributed by atoms with Crippen molar-refractivity contribution in [3.05, 3.63) is 30.3 Å². The van der Waals surface area contributed by atoms with Gasteiger partial charge in [0.05, 0.1) is 0 Å². The van der Waals surface area contributed by atoms with Gasteiger partial charge < -0.3 is 0 Å². The molecule has 1 aromatic rings. The monoisotopic (exact) mass is 272 g/mol. The summed E-state index contributed by atoms with van der Waals surface area (Å²) in [7, 11) is 1.74. The summed E-state index contributed by atoms with van der Waals surface area (Å²) < 4.78 is 12.4. The molecule has 0 aliphatic carbocycles. The Kier molecular flexibility index (Phi) is 4.21. The standard InChI is InChI=1S/C12H16O2Se/c1-13-12-11(8-5-9-14-12)15-10-6-3-2-4-7-10/h2-4,6-7,11-12H,5,8-9H2,1H3. The van der Waals surface area contributed by atoms with Gasteiger partial charge in [-0.25, -0.2) is 0 Å². The summed E-state index contributed by atoms with van der Waals surface area (Å²) in [6, 6.07) is 10.7. The molecule has 0 amide bonds. The fourth-order valence-electron chi connectivity index (χ4n) is 1.74. The maximum absolute atomic E-state index is 5.61. The van der Waals surface area contributed by atoms with E-state index in [9.17, 15) is 0 Å². The molecule has 1 fully saturated rings. The van der Waals surface area contributed by atoms with Crippen molar-refractivity contribution in [2.75, 3.05) is 13.7 Å². The van der Waals surface area contributed by atoms with Crippen LogP contribution in [0.2, 0.25) is 4.82 Å². The van der Waals surface area contributed by atoms with E-state index in [4.69, 9.17) is 9.47 Å². The Bertz CT molecular complexity index is 289. The van der Waals surface area contributed by atoms with E-state index in [0.29, 0.717) is 19.8 Å². The van der Waals surface area contributed by atoms with Crippen molar-refractivity contribution in [2.24, 2.45) is 0 Å². The van der Waals surface area contributed by atoms with Gasteiger partial charge in [-0.3, -0.25) is 0 Å². The third-order valence-electron chi connectivity index (χ3n) is 2.48. The third kappa shape index (κ3) is 3.05. The molecule has 1 aliphatic rings. The van der Waals surface area contributed by atoms with Gasteiger partial charge in [0.2, 0.25) is 0 Å². The molecule has 0 radical (unpaired) electrons. The SMILES string of the molecule is COC1OCCCC1[Se]c1ccccc1. The molecule has 2 rings (SSSR count). The fraction of sp³-hybridized carbons (Fsp3) is 0.500. The van der Waals surface area contributed by atoms with Crippen LogP contribution in [0.15, 0.2) is 30.3 Å². The maximum atomic E-state index is 5.61. The molecule has 15 heavy (non-hydrogen) atoms. The molecule has 0 N–H and O–H groups in total. The summed E-state index contributed by atoms with van der Waals surface area (Å²) in [5, 5.41) is 0. The molecule has 2 unspecified atom stereocenters. The van der Waals surface area contributed by atoms with Crippen molar-refractivity contribution in [3.63, 3.8) is 0 Å². The molecule has 82 valence electrons. The van der Waals surface area contributed by atoms with Gasteiger partial charge in [0.15, 0.2) is 0 Å². The Hall–Kier alpha value is -0.341. The normalized spacial score (nSPS) is 26.5. The van der Waals surface area contributed by atoms with Crippen LogP contribution in [0.1, 0.15) is 12.8 Å². The van der Waals surface area contributed by atoms with Gasteiger partial charge in [0.25, 0.3) is 0 Å². The third-order valence-corrected chi connectivity index (χ3v) is 5.22. The molecule has 3 heteroatoms. The summed E-state index contributed by atoms with van der Waals surface area (Å²) in [6.45, 7) is 0.847. The van der Waals surface area contributed by atoms with Gasteiger partial charge in [-0.05, 0) is 0 Å². The first-order chi connectivity index (χ1) is 7.40. The number of ether oxygens (including phenoxy) is 2. The second-order valence-corrected chi connectivity index (χ2v) is 6.34. The molecular weight excluding hydrogens is 255 g/mol. The van der Waals surface area contributed by atoms with Crippen LogP contribution in [-0.2, 0) is 9.47 Å². The van der Waals surface area contributed by atoms with Crippen LogP contribution >= 0.6 is 0 Å². The van der Waals surface area contributed by atoms with Crippen LogP contribution < -0.4 is 4.46 Å². The number of methoxy groups -OCH3 is 1. The zero-order valence-electron chi connectivity index (χ0n) is 8.89. The molecular formula is C12H16O2Se. The van der Waals surface area contributed by atoms with Crippen molar-refractivity contribution in [1.29, 1.82) is 0 Å². The minimum atomic E-state index is 0.0129. The summed E-state index contributed by atoms with van der Waals surface area (Å²) in [5.74, 6) is 0. The first kappa shape index (κ1) is 11.2. The molecule has 0 bridgehead atoms. The minimum absolute atomic E-state index is 0.0129. The molecule has 0 aromatic heterocycles. The van der Waals surface area contributed by atoms with Crippen molar-refractivity contribution in [1.82, 2.24) is 0 Å². The first-order valence-electron chi connectivity index (χ1n) is 5.26. The zero-order valence-corrected chi connectivity index (χ0v) is 10.6. The van der Waals surface area contributed by atoms with Crippen LogP contribution in [0, 0.1) is 0 Å². The quantitative estimate of drug-likeness (QED) is 0.777. The predicted octanol–water partition coefficient (Wildman–Crippen LogP) is 1.59. The van der Waals surface area contributed by atoms with E-state index < -0.39 is 0 Å². The van der Waals surface area contributed by atoms with Crippen LogP contribution in [0.25, 0.3) is 0 Å². The summed E-state index contributed by atoms with van der Waals surface area (Å²) in [4.78, 5) is 0.568. The number of rotatable bonds is 3. The average molecular weight is 271 g/mol. The molecule has 1 saturated heterocycles. The summed E-state index contributed by atoms with van der Waals surface area (Å²) in [5.41, 5.74) is 0. The van der Waals surface area contributed by atoms with Gasteiger partial charge in [-0.15, -0.1) is 0 Å². The van der Waals surface area contributed by atoms with Gasteiger partial charge in [0.1, 0.15) is 0 Å². The van der Waals surface area contributed by atoms with Crippen LogP contribution in [-0.4, -0.2) is 35.0 Å². The van der Waals surface area contributed by atoms with Crippen LogP contribution in [0.3, 0.4) is 0 Å². The van der Waals surface area contributed by atoms with E-state index in [2.05, 4.69) is 30.3 Å². The predicted molar refractivity (Wildman–Crippen MR) is 61.6 cm³/mol. The van der Waals surface area contributed by atoms with Crippen molar-refractivity contribution in [2.45, 2.75) is 23.9 Å². The molecule has 0 saturated carbocycles. The number of hydrogen-bond acceptors (Lipinski definition) is 2. The summed E-state index contributed by atoms with van der Waals surface area (Å²) >= 11 is 0.461. The van der Waals surface area contributed by atoms with Crippen molar-refractivity contribution in [3.8, 4) is 0 Å². The number of hydrogen-bond donors (Lipinski definition) is 0. The van der Waals surface area contributed by atoms with E-state index in [0.717, 1.165) is 6.61 Å². The number of benzene rings is 1. The van der Waals surface area contributed by atoms with Gasteiger partial charge in [-0.2, -0.15) is 0 Å². The molecule has 2 nitrogen and oxygen atoms in total. The Morgan fingerprint density at radius 2 is 2.13 bits per heavy atom. The van der Waals surface area contributed by atoms with E-state index in [-0.39, 0.29) is 6.29 Å². The summed E-state index contributed by atoms with van der Waals surface area (Å²) in [6.07, 6.45) is 2.41. The Morgan fingerprint density at radius 3 is 2.87 bits per heavy atom. The molecule has 1 aliphatic heterocycles. The molecule has 2 atom stereocenters. The molecule has 1 aromatic carbocycles. The first-order valence-corrected chi connectivity index (χ1v) is 7.11. The Labute approximate surface area is 97.1 Å². The second-order valence-electron chi connectivity index (χ2n) is 3.59. The Morgan fingerprint density at radius 1 is 1.33 bits per heavy atom. The van der Waals surface area contributed by atoms with Crippen LogP contribution in [0.5, 0.6) is 0 Å². The second kappa shape index (κ2) is 5.66. The van der Waals surface area contributed by atoms with Gasteiger partial charge in [0, 0.05) is 0 Å². The molecule has 1 heterocycles. The van der Waals surface area contributed by atoms with Crippen molar-refractivity contribution < 1.29 is 9.47 Å². The zero-order chi connectivity index (χ0) is 10.5. The van der Waals surface area contributed by atoms with E-state index >= 15 is 0 Å². The average Bonchev–Trinajstić information content (AvgIpc) is 2.31. The van der Waals surface area contributed by atoms with Gasteiger partial charge >= 0.3 is 96.9 Å².